The lowest BCUT2D eigenvalue weighted by Gasteiger charge is -2.15. The molecule has 0 saturated carbocycles. The smallest absolute Gasteiger partial charge is 0.231 e. The summed E-state index contributed by atoms with van der Waals surface area (Å²) < 4.78 is 11.8. The van der Waals surface area contributed by atoms with Gasteiger partial charge in [0.1, 0.15) is 11.5 Å². The average Bonchev–Trinajstić information content (AvgIpc) is 3.18. The Hall–Kier alpha value is -5.88. The number of ether oxygens (including phenoxy) is 2. The number of hydrogen-bond donors (Lipinski definition) is 4. The Bertz CT molecular complexity index is 2170. The molecule has 0 spiro atoms. The highest BCUT2D eigenvalue weighted by Crippen LogP contribution is 2.35. The van der Waals surface area contributed by atoms with Crippen LogP contribution in [0.4, 0.5) is 0 Å². The predicted molar refractivity (Wildman–Crippen MR) is 246 cm³/mol. The van der Waals surface area contributed by atoms with E-state index in [2.05, 4.69) is 124 Å². The summed E-state index contributed by atoms with van der Waals surface area (Å²) in [7, 11) is 0. The van der Waals surface area contributed by atoms with Crippen molar-refractivity contribution in [3.8, 4) is 34.5 Å². The molecule has 312 valence electrons. The molecule has 0 aliphatic heterocycles. The molecule has 0 amide bonds. The van der Waals surface area contributed by atoms with Crippen molar-refractivity contribution in [1.29, 1.82) is 0 Å². The highest BCUT2D eigenvalue weighted by Gasteiger charge is 2.14. The quantitative estimate of drug-likeness (QED) is 0.0591. The van der Waals surface area contributed by atoms with E-state index >= 15 is 0 Å². The van der Waals surface area contributed by atoms with E-state index in [1.807, 2.05) is 30.3 Å². The summed E-state index contributed by atoms with van der Waals surface area (Å²) >= 11 is 0. The fourth-order valence-corrected chi connectivity index (χ4v) is 6.38. The number of benzene rings is 4. The van der Waals surface area contributed by atoms with Crippen LogP contribution in [0.15, 0.2) is 119 Å². The van der Waals surface area contributed by atoms with Crippen molar-refractivity contribution in [1.82, 2.24) is 0 Å². The third kappa shape index (κ3) is 14.2. The third-order valence-corrected chi connectivity index (χ3v) is 10.1. The number of aromatic hydroxyl groups is 4. The zero-order valence-electron chi connectivity index (χ0n) is 36.7. The first-order valence-electron chi connectivity index (χ1n) is 20.5. The van der Waals surface area contributed by atoms with Gasteiger partial charge in [0.15, 0.2) is 23.0 Å². The van der Waals surface area contributed by atoms with Gasteiger partial charge >= 0.3 is 0 Å². The molecule has 0 bridgehead atoms. The molecule has 2 atom stereocenters. The maximum atomic E-state index is 11.1. The highest BCUT2D eigenvalue weighted by molar-refractivity contribution is 5.59. The van der Waals surface area contributed by atoms with E-state index < -0.39 is 0 Å². The average molecular weight is 797 g/mol. The Balaban J connectivity index is 1.46. The first-order valence-corrected chi connectivity index (χ1v) is 20.5. The van der Waals surface area contributed by atoms with Crippen LogP contribution >= 0.6 is 0 Å². The Morgan fingerprint density at radius 2 is 0.864 bits per heavy atom. The molecular weight excluding hydrogens is 733 g/mol. The number of rotatable bonds is 18. The molecule has 6 heteroatoms. The third-order valence-electron chi connectivity index (χ3n) is 10.1. The van der Waals surface area contributed by atoms with Gasteiger partial charge in [0.25, 0.3) is 0 Å². The van der Waals surface area contributed by atoms with Gasteiger partial charge in [-0.15, -0.1) is 0 Å². The lowest BCUT2D eigenvalue weighted by molar-refractivity contribution is 0.113. The van der Waals surface area contributed by atoms with Gasteiger partial charge in [-0.25, -0.2) is 0 Å². The van der Waals surface area contributed by atoms with Crippen molar-refractivity contribution in [2.75, 3.05) is 6.79 Å². The standard InChI is InChI=1S/C53H64O6/c1-34(2)11-20-43-27-41(28-44(52(43)56)21-12-35(3)4)18-16-38(9)42-24-26-49(55)51(32-42)59-33-58-50-29-40(19-25-48(50)54)17-15-39(10)47-30-45(22-13-36(5)6)53(57)46(31-47)23-14-37(7)8/h11-19,24-32,38-39,54-57H,20-23,33H2,1-10H3/b17-15+,18-16+. The fourth-order valence-electron chi connectivity index (χ4n) is 6.38. The molecule has 4 aromatic carbocycles. The number of phenolic OH excluding ortho intramolecular Hbond substituents is 4. The molecule has 59 heavy (non-hydrogen) atoms. The summed E-state index contributed by atoms with van der Waals surface area (Å²) in [5.74, 6) is 1.22. The van der Waals surface area contributed by atoms with E-state index in [0.717, 1.165) is 44.5 Å². The summed E-state index contributed by atoms with van der Waals surface area (Å²) in [5, 5.41) is 43.4. The van der Waals surface area contributed by atoms with Gasteiger partial charge < -0.3 is 29.9 Å². The van der Waals surface area contributed by atoms with Crippen molar-refractivity contribution in [3.05, 3.63) is 164 Å². The lowest BCUT2D eigenvalue weighted by Crippen LogP contribution is -2.06. The summed E-state index contributed by atoms with van der Waals surface area (Å²) in [6.07, 6.45) is 19.4. The van der Waals surface area contributed by atoms with E-state index in [4.69, 9.17) is 9.47 Å². The Labute approximate surface area is 352 Å². The summed E-state index contributed by atoms with van der Waals surface area (Å²) in [6.45, 7) is 20.4. The molecule has 4 rings (SSSR count). The Morgan fingerprint density at radius 1 is 0.475 bits per heavy atom. The predicted octanol–water partition coefficient (Wildman–Crippen LogP) is 13.6. The first-order chi connectivity index (χ1) is 28.0. The first kappa shape index (κ1) is 45.8. The molecular formula is C53H64O6. The van der Waals surface area contributed by atoms with Gasteiger partial charge in [-0.3, -0.25) is 0 Å². The van der Waals surface area contributed by atoms with E-state index in [0.29, 0.717) is 37.2 Å². The van der Waals surface area contributed by atoms with Crippen LogP contribution in [0.5, 0.6) is 34.5 Å². The minimum absolute atomic E-state index is 0.0143. The summed E-state index contributed by atoms with van der Waals surface area (Å²) in [5.41, 5.74) is 12.3. The molecule has 0 aliphatic rings. The van der Waals surface area contributed by atoms with E-state index in [-0.39, 0.29) is 41.6 Å². The van der Waals surface area contributed by atoms with Crippen molar-refractivity contribution < 1.29 is 29.9 Å². The maximum Gasteiger partial charge on any atom is 0.231 e. The summed E-state index contributed by atoms with van der Waals surface area (Å²) in [4.78, 5) is 0. The van der Waals surface area contributed by atoms with Crippen molar-refractivity contribution in [3.63, 3.8) is 0 Å². The second kappa shape index (κ2) is 21.8. The van der Waals surface area contributed by atoms with Gasteiger partial charge in [0.2, 0.25) is 6.79 Å². The second-order valence-electron chi connectivity index (χ2n) is 16.5. The minimum Gasteiger partial charge on any atom is -0.507 e. The minimum atomic E-state index is -0.231. The van der Waals surface area contributed by atoms with Gasteiger partial charge in [-0.05, 0) is 174 Å². The number of allylic oxidation sites excluding steroid dienone is 10. The van der Waals surface area contributed by atoms with E-state index in [9.17, 15) is 20.4 Å². The molecule has 4 N–H and O–H groups in total. The normalized spacial score (nSPS) is 12.2. The maximum absolute atomic E-state index is 11.1. The molecule has 0 fully saturated rings. The van der Waals surface area contributed by atoms with Crippen LogP contribution in [0.2, 0.25) is 0 Å². The molecule has 0 radical (unpaired) electrons. The second-order valence-corrected chi connectivity index (χ2v) is 16.5. The molecule has 0 heterocycles. The number of hydrogen-bond acceptors (Lipinski definition) is 6. The van der Waals surface area contributed by atoms with E-state index in [1.165, 1.54) is 22.3 Å². The van der Waals surface area contributed by atoms with Crippen LogP contribution in [0.25, 0.3) is 12.2 Å². The zero-order chi connectivity index (χ0) is 43.2. The SMILES string of the molecule is CC(C)=CCc1cc(/C=C/C(C)c2ccc(O)c(OCOc3cc(/C=C/C(C)c4cc(CC=C(C)C)c(O)c(CC=C(C)C)c4)ccc3O)c2)cc(CC=C(C)C)c1O. The Kier molecular flexibility index (Phi) is 16.9. The fraction of sp³-hybridized carbons (Fsp3) is 0.321. The zero-order valence-corrected chi connectivity index (χ0v) is 36.7. The van der Waals surface area contributed by atoms with Crippen molar-refractivity contribution in [2.24, 2.45) is 0 Å². The van der Waals surface area contributed by atoms with Crippen LogP contribution in [-0.4, -0.2) is 27.2 Å². The number of phenols is 4. The van der Waals surface area contributed by atoms with Crippen molar-refractivity contribution in [2.45, 2.75) is 107 Å². The molecule has 4 aromatic rings. The lowest BCUT2D eigenvalue weighted by atomic mass is 9.92. The van der Waals surface area contributed by atoms with Crippen molar-refractivity contribution >= 4 is 12.2 Å². The van der Waals surface area contributed by atoms with Gasteiger partial charge in [-0.1, -0.05) is 109 Å². The van der Waals surface area contributed by atoms with E-state index in [1.54, 1.807) is 24.3 Å². The van der Waals surface area contributed by atoms with Crippen LogP contribution in [-0.2, 0) is 25.7 Å². The monoisotopic (exact) mass is 796 g/mol. The van der Waals surface area contributed by atoms with Crippen LogP contribution in [0.3, 0.4) is 0 Å². The van der Waals surface area contributed by atoms with Crippen LogP contribution < -0.4 is 9.47 Å². The van der Waals surface area contributed by atoms with Gasteiger partial charge in [-0.2, -0.15) is 0 Å². The molecule has 0 aromatic heterocycles. The van der Waals surface area contributed by atoms with Crippen LogP contribution in [0, 0.1) is 0 Å². The molecule has 2 unspecified atom stereocenters. The van der Waals surface area contributed by atoms with Crippen LogP contribution in [0.1, 0.15) is 126 Å². The largest absolute Gasteiger partial charge is 0.507 e. The molecule has 0 aliphatic carbocycles. The Morgan fingerprint density at radius 3 is 1.32 bits per heavy atom. The highest BCUT2D eigenvalue weighted by atomic mass is 16.7. The summed E-state index contributed by atoms with van der Waals surface area (Å²) in [6, 6.07) is 18.7. The molecule has 6 nitrogen and oxygen atoms in total. The van der Waals surface area contributed by atoms with Gasteiger partial charge in [0.05, 0.1) is 0 Å². The van der Waals surface area contributed by atoms with Gasteiger partial charge in [0, 0.05) is 0 Å². The topological polar surface area (TPSA) is 99.4 Å². The molecule has 0 saturated heterocycles.